The third kappa shape index (κ3) is 3.13. The molecule has 1 N–H and O–H groups in total. The number of aliphatic hydroxyl groups excluding tert-OH is 1. The SMILES string of the molecule is COc1ccc(N(C)C)cc1CCCO. The molecule has 0 amide bonds. The number of anilines is 1. The normalized spacial score (nSPS) is 10.1. The number of nitrogens with zero attached hydrogens (tertiary/aromatic N) is 1. The summed E-state index contributed by atoms with van der Waals surface area (Å²) in [6.07, 6.45) is 1.62. The van der Waals surface area contributed by atoms with Crippen LogP contribution in [0.3, 0.4) is 0 Å². The molecule has 1 rings (SSSR count). The monoisotopic (exact) mass is 209 g/mol. The highest BCUT2D eigenvalue weighted by atomic mass is 16.5. The summed E-state index contributed by atoms with van der Waals surface area (Å²) in [4.78, 5) is 2.06. The highest BCUT2D eigenvalue weighted by molar-refractivity contribution is 5.52. The summed E-state index contributed by atoms with van der Waals surface area (Å²) in [5, 5.41) is 8.82. The van der Waals surface area contributed by atoms with Gasteiger partial charge in [-0.1, -0.05) is 0 Å². The van der Waals surface area contributed by atoms with E-state index in [1.807, 2.05) is 26.2 Å². The summed E-state index contributed by atoms with van der Waals surface area (Å²) in [6.45, 7) is 0.218. The van der Waals surface area contributed by atoms with E-state index in [2.05, 4.69) is 11.0 Å². The number of benzene rings is 1. The summed E-state index contributed by atoms with van der Waals surface area (Å²) in [5.41, 5.74) is 2.31. The van der Waals surface area contributed by atoms with Gasteiger partial charge in [0.05, 0.1) is 7.11 Å². The van der Waals surface area contributed by atoms with Gasteiger partial charge in [-0.3, -0.25) is 0 Å². The molecular weight excluding hydrogens is 190 g/mol. The highest BCUT2D eigenvalue weighted by Crippen LogP contribution is 2.24. The van der Waals surface area contributed by atoms with Gasteiger partial charge in [-0.05, 0) is 36.6 Å². The molecule has 0 radical (unpaired) electrons. The largest absolute Gasteiger partial charge is 0.496 e. The van der Waals surface area contributed by atoms with Crippen molar-refractivity contribution >= 4 is 5.69 Å². The quantitative estimate of drug-likeness (QED) is 0.801. The Kier molecular flexibility index (Phi) is 4.43. The van der Waals surface area contributed by atoms with Gasteiger partial charge in [0.15, 0.2) is 0 Å². The van der Waals surface area contributed by atoms with Gasteiger partial charge in [-0.2, -0.15) is 0 Å². The van der Waals surface area contributed by atoms with Crippen LogP contribution in [0.5, 0.6) is 5.75 Å². The highest BCUT2D eigenvalue weighted by Gasteiger charge is 2.05. The third-order valence-corrected chi connectivity index (χ3v) is 2.38. The number of methoxy groups -OCH3 is 1. The number of aliphatic hydroxyl groups is 1. The Balaban J connectivity index is 2.91. The molecule has 0 saturated heterocycles. The molecule has 0 atom stereocenters. The minimum absolute atomic E-state index is 0.218. The van der Waals surface area contributed by atoms with Crippen LogP contribution in [-0.4, -0.2) is 32.9 Å². The molecule has 0 saturated carbocycles. The number of rotatable bonds is 5. The summed E-state index contributed by atoms with van der Waals surface area (Å²) in [5.74, 6) is 0.897. The molecule has 0 aliphatic heterocycles. The maximum Gasteiger partial charge on any atom is 0.122 e. The predicted molar refractivity (Wildman–Crippen MR) is 62.7 cm³/mol. The van der Waals surface area contributed by atoms with Crippen LogP contribution in [0.25, 0.3) is 0 Å². The maximum absolute atomic E-state index is 8.82. The van der Waals surface area contributed by atoms with Crippen molar-refractivity contribution in [2.45, 2.75) is 12.8 Å². The van der Waals surface area contributed by atoms with Gasteiger partial charge in [-0.15, -0.1) is 0 Å². The first-order chi connectivity index (χ1) is 7.19. The smallest absolute Gasteiger partial charge is 0.122 e. The van der Waals surface area contributed by atoms with Gasteiger partial charge < -0.3 is 14.7 Å². The molecule has 0 aromatic heterocycles. The molecule has 0 aliphatic carbocycles. The Morgan fingerprint density at radius 3 is 2.60 bits per heavy atom. The van der Waals surface area contributed by atoms with Gasteiger partial charge in [0.2, 0.25) is 0 Å². The Bertz CT molecular complexity index is 310. The molecule has 0 bridgehead atoms. The minimum atomic E-state index is 0.218. The van der Waals surface area contributed by atoms with Crippen molar-refractivity contribution < 1.29 is 9.84 Å². The first-order valence-electron chi connectivity index (χ1n) is 5.14. The molecule has 84 valence electrons. The molecule has 3 heteroatoms. The van der Waals surface area contributed by atoms with Crippen molar-refractivity contribution in [3.63, 3.8) is 0 Å². The van der Waals surface area contributed by atoms with Crippen LogP contribution in [0.1, 0.15) is 12.0 Å². The zero-order valence-electron chi connectivity index (χ0n) is 9.66. The zero-order valence-corrected chi connectivity index (χ0v) is 9.66. The van der Waals surface area contributed by atoms with Gasteiger partial charge >= 0.3 is 0 Å². The second kappa shape index (κ2) is 5.61. The average molecular weight is 209 g/mol. The van der Waals surface area contributed by atoms with Gasteiger partial charge in [-0.25, -0.2) is 0 Å². The molecule has 0 unspecified atom stereocenters. The van der Waals surface area contributed by atoms with Crippen LogP contribution < -0.4 is 9.64 Å². The van der Waals surface area contributed by atoms with E-state index >= 15 is 0 Å². The lowest BCUT2D eigenvalue weighted by Crippen LogP contribution is -2.09. The van der Waals surface area contributed by atoms with E-state index in [0.29, 0.717) is 0 Å². The fourth-order valence-corrected chi connectivity index (χ4v) is 1.51. The van der Waals surface area contributed by atoms with Gasteiger partial charge in [0.25, 0.3) is 0 Å². The minimum Gasteiger partial charge on any atom is -0.496 e. The van der Waals surface area contributed by atoms with Crippen LogP contribution in [-0.2, 0) is 6.42 Å². The molecule has 15 heavy (non-hydrogen) atoms. The second-order valence-electron chi connectivity index (χ2n) is 3.72. The standard InChI is InChI=1S/C12H19NO2/c1-13(2)11-6-7-12(15-3)10(9-11)5-4-8-14/h6-7,9,14H,4-5,8H2,1-3H3. The van der Waals surface area contributed by atoms with Crippen molar-refractivity contribution in [3.05, 3.63) is 23.8 Å². The van der Waals surface area contributed by atoms with Crippen LogP contribution in [0, 0.1) is 0 Å². The van der Waals surface area contributed by atoms with Gasteiger partial charge in [0, 0.05) is 26.4 Å². The summed E-state index contributed by atoms with van der Waals surface area (Å²) >= 11 is 0. The van der Waals surface area contributed by atoms with Crippen LogP contribution in [0.2, 0.25) is 0 Å². The lowest BCUT2D eigenvalue weighted by Gasteiger charge is -2.16. The van der Waals surface area contributed by atoms with Crippen LogP contribution in [0.15, 0.2) is 18.2 Å². The Morgan fingerprint density at radius 1 is 1.33 bits per heavy atom. The Morgan fingerprint density at radius 2 is 2.07 bits per heavy atom. The first kappa shape index (κ1) is 11.9. The average Bonchev–Trinajstić information content (AvgIpc) is 2.25. The van der Waals surface area contributed by atoms with E-state index in [0.717, 1.165) is 29.8 Å². The van der Waals surface area contributed by atoms with Crippen molar-refractivity contribution in [3.8, 4) is 5.75 Å². The number of hydrogen-bond acceptors (Lipinski definition) is 3. The van der Waals surface area contributed by atoms with E-state index in [4.69, 9.17) is 9.84 Å². The lowest BCUT2D eigenvalue weighted by molar-refractivity contribution is 0.287. The Labute approximate surface area is 91.3 Å². The molecule has 1 aromatic carbocycles. The second-order valence-corrected chi connectivity index (χ2v) is 3.72. The van der Waals surface area contributed by atoms with E-state index in [1.54, 1.807) is 7.11 Å². The molecule has 0 heterocycles. The van der Waals surface area contributed by atoms with Crippen molar-refractivity contribution in [2.24, 2.45) is 0 Å². The number of hydrogen-bond donors (Lipinski definition) is 1. The van der Waals surface area contributed by atoms with Crippen molar-refractivity contribution in [2.75, 3.05) is 32.7 Å². The van der Waals surface area contributed by atoms with Crippen molar-refractivity contribution in [1.82, 2.24) is 0 Å². The van der Waals surface area contributed by atoms with E-state index in [1.165, 1.54) is 0 Å². The molecule has 0 fully saturated rings. The van der Waals surface area contributed by atoms with Gasteiger partial charge in [0.1, 0.15) is 5.75 Å². The maximum atomic E-state index is 8.82. The number of aryl methyl sites for hydroxylation is 1. The van der Waals surface area contributed by atoms with Crippen LogP contribution >= 0.6 is 0 Å². The molecule has 0 spiro atoms. The molecule has 3 nitrogen and oxygen atoms in total. The van der Waals surface area contributed by atoms with Crippen LogP contribution in [0.4, 0.5) is 5.69 Å². The molecule has 1 aromatic rings. The predicted octanol–water partition coefficient (Wildman–Crippen LogP) is 1.69. The summed E-state index contributed by atoms with van der Waals surface area (Å²) < 4.78 is 5.28. The Hall–Kier alpha value is -1.22. The fraction of sp³-hybridized carbons (Fsp3) is 0.500. The van der Waals surface area contributed by atoms with E-state index < -0.39 is 0 Å². The third-order valence-electron chi connectivity index (χ3n) is 2.38. The summed E-state index contributed by atoms with van der Waals surface area (Å²) in [7, 11) is 5.70. The van der Waals surface area contributed by atoms with E-state index in [-0.39, 0.29) is 6.61 Å². The summed E-state index contributed by atoms with van der Waals surface area (Å²) in [6, 6.07) is 6.11. The fourth-order valence-electron chi connectivity index (χ4n) is 1.51. The zero-order chi connectivity index (χ0) is 11.3. The van der Waals surface area contributed by atoms with Crippen molar-refractivity contribution in [1.29, 1.82) is 0 Å². The molecular formula is C12H19NO2. The topological polar surface area (TPSA) is 32.7 Å². The lowest BCUT2D eigenvalue weighted by atomic mass is 10.1. The van der Waals surface area contributed by atoms with E-state index in [9.17, 15) is 0 Å². The number of ether oxygens (including phenoxy) is 1. The first-order valence-corrected chi connectivity index (χ1v) is 5.14. The molecule has 0 aliphatic rings.